The smallest absolute Gasteiger partial charge is 0.339 e. The number of methoxy groups -OCH3 is 1. The monoisotopic (exact) mass is 474 g/mol. The molecule has 1 saturated carbocycles. The van der Waals surface area contributed by atoms with Gasteiger partial charge in [0.1, 0.15) is 12.2 Å². The summed E-state index contributed by atoms with van der Waals surface area (Å²) in [4.78, 5) is 34.8. The van der Waals surface area contributed by atoms with Crippen LogP contribution in [0, 0.1) is 0 Å². The van der Waals surface area contributed by atoms with Crippen molar-refractivity contribution in [2.24, 2.45) is 0 Å². The number of fused-ring (bicyclic) bond motifs is 1. The van der Waals surface area contributed by atoms with E-state index >= 15 is 0 Å². The quantitative estimate of drug-likeness (QED) is 0.516. The lowest BCUT2D eigenvalue weighted by molar-refractivity contribution is -0.133. The van der Waals surface area contributed by atoms with Gasteiger partial charge in [-0.25, -0.2) is 9.78 Å². The Morgan fingerprint density at radius 3 is 2.43 bits per heavy atom. The lowest BCUT2D eigenvalue weighted by Crippen LogP contribution is -2.48. The van der Waals surface area contributed by atoms with Crippen LogP contribution in [0.25, 0.3) is 22.3 Å². The van der Waals surface area contributed by atoms with Gasteiger partial charge in [-0.1, -0.05) is 49.6 Å². The topological polar surface area (TPSA) is 67.7 Å². The molecule has 2 aromatic heterocycles. The van der Waals surface area contributed by atoms with Crippen LogP contribution in [0.3, 0.4) is 0 Å². The molecule has 0 N–H and O–H groups in total. The molecule has 0 radical (unpaired) electrons. The minimum atomic E-state index is -0.392. The van der Waals surface area contributed by atoms with Gasteiger partial charge in [0.15, 0.2) is 0 Å². The van der Waals surface area contributed by atoms with Crippen LogP contribution in [0.15, 0.2) is 42.6 Å². The Morgan fingerprint density at radius 1 is 1.03 bits per heavy atom. The maximum absolute atomic E-state index is 13.5. The van der Waals surface area contributed by atoms with Crippen molar-refractivity contribution in [1.82, 2.24) is 19.4 Å². The average molecular weight is 475 g/mol. The Kier molecular flexibility index (Phi) is 6.86. The van der Waals surface area contributed by atoms with E-state index < -0.39 is 5.97 Å². The third-order valence-electron chi connectivity index (χ3n) is 7.57. The van der Waals surface area contributed by atoms with E-state index in [4.69, 9.17) is 9.72 Å². The van der Waals surface area contributed by atoms with Gasteiger partial charge in [-0.05, 0) is 43.0 Å². The van der Waals surface area contributed by atoms with E-state index in [0.717, 1.165) is 61.3 Å². The summed E-state index contributed by atoms with van der Waals surface area (Å²) in [6.45, 7) is 3.49. The first-order chi connectivity index (χ1) is 17.1. The number of esters is 1. The largest absolute Gasteiger partial charge is 0.465 e. The third-order valence-corrected chi connectivity index (χ3v) is 7.57. The van der Waals surface area contributed by atoms with E-state index in [-0.39, 0.29) is 12.5 Å². The molecule has 1 amide bonds. The average Bonchev–Trinajstić information content (AvgIpc) is 3.22. The number of pyridine rings is 1. The second-order valence-corrected chi connectivity index (χ2v) is 9.82. The van der Waals surface area contributed by atoms with E-state index in [0.29, 0.717) is 11.5 Å². The molecule has 7 heteroatoms. The number of aromatic nitrogens is 2. The van der Waals surface area contributed by atoms with Gasteiger partial charge in [-0.2, -0.15) is 0 Å². The zero-order chi connectivity index (χ0) is 24.4. The van der Waals surface area contributed by atoms with Gasteiger partial charge >= 0.3 is 5.97 Å². The number of nitrogens with zero attached hydrogens (tertiary/aromatic N) is 4. The summed E-state index contributed by atoms with van der Waals surface area (Å²) in [5, 5.41) is 0.963. The van der Waals surface area contributed by atoms with E-state index in [1.165, 1.54) is 31.9 Å². The Labute approximate surface area is 206 Å². The van der Waals surface area contributed by atoms with Crippen molar-refractivity contribution in [2.45, 2.75) is 44.6 Å². The molecule has 7 nitrogen and oxygen atoms in total. The summed E-state index contributed by atoms with van der Waals surface area (Å²) >= 11 is 0. The number of amides is 1. The highest BCUT2D eigenvalue weighted by Gasteiger charge is 2.29. The van der Waals surface area contributed by atoms with Gasteiger partial charge in [-0.15, -0.1) is 0 Å². The molecule has 5 rings (SSSR count). The van der Waals surface area contributed by atoms with Crippen LogP contribution in [0.5, 0.6) is 0 Å². The van der Waals surface area contributed by atoms with Crippen LogP contribution in [0.1, 0.15) is 53.9 Å². The Morgan fingerprint density at radius 2 is 1.74 bits per heavy atom. The van der Waals surface area contributed by atoms with Crippen molar-refractivity contribution in [3.63, 3.8) is 0 Å². The Balaban J connectivity index is 1.68. The van der Waals surface area contributed by atoms with E-state index in [2.05, 4.69) is 28.6 Å². The van der Waals surface area contributed by atoms with Crippen LogP contribution in [0.2, 0.25) is 0 Å². The minimum Gasteiger partial charge on any atom is -0.465 e. The number of piperazine rings is 1. The molecule has 1 saturated heterocycles. The van der Waals surface area contributed by atoms with Gasteiger partial charge in [0.2, 0.25) is 5.91 Å². The molecule has 1 aromatic carbocycles. The number of carbonyl (C=O) groups is 2. The van der Waals surface area contributed by atoms with Crippen molar-refractivity contribution < 1.29 is 14.3 Å². The second-order valence-electron chi connectivity index (χ2n) is 9.82. The van der Waals surface area contributed by atoms with Gasteiger partial charge < -0.3 is 19.1 Å². The fourth-order valence-corrected chi connectivity index (χ4v) is 5.64. The molecule has 0 atom stereocenters. The number of rotatable bonds is 5. The highest BCUT2D eigenvalue weighted by molar-refractivity contribution is 5.97. The van der Waals surface area contributed by atoms with Crippen LogP contribution in [-0.4, -0.2) is 71.6 Å². The maximum atomic E-state index is 13.5. The molecule has 35 heavy (non-hydrogen) atoms. The second kappa shape index (κ2) is 10.2. The molecule has 0 unspecified atom stereocenters. The first-order valence-corrected chi connectivity index (χ1v) is 12.7. The molecule has 0 bridgehead atoms. The Bertz CT molecular complexity index is 1210. The number of hydrogen-bond donors (Lipinski definition) is 0. The van der Waals surface area contributed by atoms with E-state index in [1.807, 2.05) is 29.2 Å². The van der Waals surface area contributed by atoms with Crippen molar-refractivity contribution in [2.75, 3.05) is 40.3 Å². The lowest BCUT2D eigenvalue weighted by Gasteiger charge is -2.32. The fourth-order valence-electron chi connectivity index (χ4n) is 5.64. The highest BCUT2D eigenvalue weighted by Crippen LogP contribution is 2.43. The predicted octanol–water partition coefficient (Wildman–Crippen LogP) is 4.31. The first-order valence-electron chi connectivity index (χ1n) is 12.7. The molecule has 3 aromatic rings. The molecule has 1 aliphatic heterocycles. The lowest BCUT2D eigenvalue weighted by atomic mass is 9.82. The van der Waals surface area contributed by atoms with Crippen molar-refractivity contribution >= 4 is 22.9 Å². The number of benzene rings is 1. The van der Waals surface area contributed by atoms with E-state index in [1.54, 1.807) is 6.20 Å². The number of likely N-dealkylation sites (N-methyl/N-ethyl adjacent to an activating group) is 1. The van der Waals surface area contributed by atoms with Crippen molar-refractivity contribution in [3.05, 3.63) is 53.7 Å². The summed E-state index contributed by atoms with van der Waals surface area (Å²) in [6.07, 6.45) is 7.42. The molecule has 1 aliphatic carbocycles. The SMILES string of the molecule is COC(=O)c1cnc2c(c1)c(C1CCCCC1)c(-c1ccccc1)n2CC(=O)N1CCN(C)CC1. The molecule has 2 fully saturated rings. The number of ether oxygens (including phenoxy) is 1. The molecule has 184 valence electrons. The van der Waals surface area contributed by atoms with Crippen LogP contribution in [0.4, 0.5) is 0 Å². The number of carbonyl (C=O) groups excluding carboxylic acids is 2. The van der Waals surface area contributed by atoms with Crippen molar-refractivity contribution in [3.8, 4) is 11.3 Å². The molecular weight excluding hydrogens is 440 g/mol. The maximum Gasteiger partial charge on any atom is 0.339 e. The van der Waals surface area contributed by atoms with Gasteiger partial charge in [0, 0.05) is 37.8 Å². The third kappa shape index (κ3) is 4.69. The predicted molar refractivity (Wildman–Crippen MR) is 136 cm³/mol. The summed E-state index contributed by atoms with van der Waals surface area (Å²) < 4.78 is 7.09. The van der Waals surface area contributed by atoms with E-state index in [9.17, 15) is 9.59 Å². The van der Waals surface area contributed by atoms with Crippen LogP contribution in [-0.2, 0) is 16.1 Å². The highest BCUT2D eigenvalue weighted by atomic mass is 16.5. The van der Waals surface area contributed by atoms with Gasteiger partial charge in [-0.3, -0.25) is 4.79 Å². The molecule has 3 heterocycles. The van der Waals surface area contributed by atoms with Gasteiger partial charge in [0.25, 0.3) is 0 Å². The summed E-state index contributed by atoms with van der Waals surface area (Å²) in [5.41, 5.74) is 4.57. The summed E-state index contributed by atoms with van der Waals surface area (Å²) in [5.74, 6) is 0.0916. The normalized spacial score (nSPS) is 17.6. The molecular formula is C28H34N4O3. The zero-order valence-corrected chi connectivity index (χ0v) is 20.7. The summed E-state index contributed by atoms with van der Waals surface area (Å²) in [6, 6.07) is 12.2. The standard InChI is InChI=1S/C28H34N4O3/c1-30-13-15-31(16-14-30)24(33)19-32-26(21-11-7-4-8-12-21)25(20-9-5-3-6-10-20)23-17-22(28(34)35-2)18-29-27(23)32/h4,7-8,11-12,17-18,20H,3,5-6,9-10,13-16,19H2,1-2H3. The molecule has 2 aliphatic rings. The Hall–Kier alpha value is -3.19. The van der Waals surface area contributed by atoms with Crippen molar-refractivity contribution in [1.29, 1.82) is 0 Å². The zero-order valence-electron chi connectivity index (χ0n) is 20.7. The van der Waals surface area contributed by atoms with Crippen LogP contribution >= 0.6 is 0 Å². The van der Waals surface area contributed by atoms with Gasteiger partial charge in [0.05, 0.1) is 18.4 Å². The minimum absolute atomic E-state index is 0.112. The number of hydrogen-bond acceptors (Lipinski definition) is 5. The molecule has 0 spiro atoms. The first kappa shape index (κ1) is 23.5. The fraction of sp³-hybridized carbons (Fsp3) is 0.464. The van der Waals surface area contributed by atoms with Crippen LogP contribution < -0.4 is 0 Å². The summed E-state index contributed by atoms with van der Waals surface area (Å²) in [7, 11) is 3.48.